The van der Waals surface area contributed by atoms with E-state index in [9.17, 15) is 22.8 Å². The van der Waals surface area contributed by atoms with Crippen LogP contribution in [0.25, 0.3) is 11.3 Å². The Hall–Kier alpha value is -4.47. The van der Waals surface area contributed by atoms with Crippen LogP contribution in [0.1, 0.15) is 53.7 Å². The topological polar surface area (TPSA) is 134 Å². The van der Waals surface area contributed by atoms with Gasteiger partial charge >= 0.3 is 6.18 Å². The second-order valence-electron chi connectivity index (χ2n) is 10.3. The van der Waals surface area contributed by atoms with Crippen LogP contribution < -0.4 is 16.2 Å². The molecule has 1 saturated carbocycles. The number of aromatic nitrogens is 4. The molecule has 3 aromatic rings. The average molecular weight is 556 g/mol. The van der Waals surface area contributed by atoms with Gasteiger partial charge in [-0.25, -0.2) is 4.68 Å². The molecule has 1 aliphatic heterocycles. The summed E-state index contributed by atoms with van der Waals surface area (Å²) in [6.07, 6.45) is 0.824. The molecule has 2 aliphatic rings. The molecule has 13 heteroatoms. The quantitative estimate of drug-likeness (QED) is 0.449. The fourth-order valence-electron chi connectivity index (χ4n) is 5.74. The molecule has 0 radical (unpaired) electrons. The van der Waals surface area contributed by atoms with Crippen LogP contribution in [0.5, 0.6) is 5.75 Å². The molecule has 1 saturated heterocycles. The van der Waals surface area contributed by atoms with Gasteiger partial charge in [0.25, 0.3) is 11.8 Å². The van der Waals surface area contributed by atoms with E-state index in [2.05, 4.69) is 22.0 Å². The van der Waals surface area contributed by atoms with Gasteiger partial charge in [-0.1, -0.05) is 5.92 Å². The van der Waals surface area contributed by atoms with E-state index in [1.807, 2.05) is 0 Å². The molecule has 10 nitrogen and oxygen atoms in total. The van der Waals surface area contributed by atoms with Crippen molar-refractivity contribution in [3.05, 3.63) is 47.3 Å². The molecule has 1 aromatic carbocycles. The van der Waals surface area contributed by atoms with Crippen LogP contribution in [0.15, 0.2) is 30.6 Å². The van der Waals surface area contributed by atoms with Crippen molar-refractivity contribution in [3.8, 4) is 28.8 Å². The van der Waals surface area contributed by atoms with Crippen LogP contribution in [-0.2, 0) is 17.5 Å². The molecule has 2 aromatic heterocycles. The van der Waals surface area contributed by atoms with E-state index in [1.165, 1.54) is 24.1 Å². The van der Waals surface area contributed by atoms with Crippen molar-refractivity contribution in [3.63, 3.8) is 0 Å². The van der Waals surface area contributed by atoms with Gasteiger partial charge in [-0.3, -0.25) is 14.3 Å². The van der Waals surface area contributed by atoms with Gasteiger partial charge in [-0.2, -0.15) is 23.4 Å². The predicted octanol–water partition coefficient (Wildman–Crippen LogP) is 3.08. The Bertz CT molecular complexity index is 1540. The van der Waals surface area contributed by atoms with Crippen molar-refractivity contribution in [1.29, 1.82) is 0 Å². The number of nitrogens with two attached hydrogens (primary N) is 2. The summed E-state index contributed by atoms with van der Waals surface area (Å²) in [4.78, 5) is 26.3. The number of rotatable bonds is 6. The predicted molar refractivity (Wildman–Crippen MR) is 139 cm³/mol. The number of carbonyl (C=O) groups is 2. The lowest BCUT2D eigenvalue weighted by atomic mass is 9.65. The van der Waals surface area contributed by atoms with E-state index in [-0.39, 0.29) is 52.3 Å². The molecule has 0 atom stereocenters. The van der Waals surface area contributed by atoms with Crippen molar-refractivity contribution >= 4 is 17.6 Å². The highest BCUT2D eigenvalue weighted by Gasteiger charge is 2.51. The summed E-state index contributed by atoms with van der Waals surface area (Å²) in [5.41, 5.74) is 12.2. The van der Waals surface area contributed by atoms with Gasteiger partial charge in [0.05, 0.1) is 31.5 Å². The number of nitrogen functional groups attached to an aromatic ring is 1. The SMILES string of the molecule is CC#CC(=O)N1CCC2(CC(n3nc(-c4cnn(Cc5cc(C(F)(F)F)ccc5OC)c4)c(C(N)=O)c3N)C2)C1. The van der Waals surface area contributed by atoms with Crippen LogP contribution in [0.2, 0.25) is 0 Å². The summed E-state index contributed by atoms with van der Waals surface area (Å²) >= 11 is 0. The zero-order chi connectivity index (χ0) is 28.8. The van der Waals surface area contributed by atoms with Crippen molar-refractivity contribution < 1.29 is 27.5 Å². The Morgan fingerprint density at radius 3 is 2.67 bits per heavy atom. The molecule has 2 fully saturated rings. The zero-order valence-corrected chi connectivity index (χ0v) is 22.0. The number of likely N-dealkylation sites (tertiary alicyclic amines) is 1. The normalized spacial score (nSPS) is 20.2. The van der Waals surface area contributed by atoms with E-state index in [4.69, 9.17) is 16.2 Å². The summed E-state index contributed by atoms with van der Waals surface area (Å²) in [6.45, 7) is 2.86. The Balaban J connectivity index is 1.38. The van der Waals surface area contributed by atoms with Gasteiger partial charge < -0.3 is 21.1 Å². The Morgan fingerprint density at radius 2 is 2.02 bits per heavy atom. The molecule has 4 N–H and O–H groups in total. The fourth-order valence-corrected chi connectivity index (χ4v) is 5.74. The van der Waals surface area contributed by atoms with Gasteiger partial charge in [0.1, 0.15) is 22.8 Å². The molecule has 2 amide bonds. The molecule has 1 aliphatic carbocycles. The highest BCUT2D eigenvalue weighted by atomic mass is 19.4. The van der Waals surface area contributed by atoms with E-state index in [0.29, 0.717) is 18.7 Å². The molecule has 0 unspecified atom stereocenters. The maximum absolute atomic E-state index is 13.3. The highest BCUT2D eigenvalue weighted by Crippen LogP contribution is 2.54. The number of ether oxygens (including phenoxy) is 1. The number of nitrogens with zero attached hydrogens (tertiary/aromatic N) is 5. The van der Waals surface area contributed by atoms with Crippen molar-refractivity contribution in [2.45, 2.75) is 44.9 Å². The number of amides is 2. The Labute approximate surface area is 228 Å². The van der Waals surface area contributed by atoms with Crippen LogP contribution >= 0.6 is 0 Å². The number of methoxy groups -OCH3 is 1. The third-order valence-corrected chi connectivity index (χ3v) is 7.68. The maximum Gasteiger partial charge on any atom is 0.416 e. The first-order valence-corrected chi connectivity index (χ1v) is 12.6. The molecule has 5 rings (SSSR count). The summed E-state index contributed by atoms with van der Waals surface area (Å²) < 4.78 is 48.0. The van der Waals surface area contributed by atoms with Crippen LogP contribution in [0.3, 0.4) is 0 Å². The second-order valence-corrected chi connectivity index (χ2v) is 10.3. The Kier molecular flexibility index (Phi) is 6.73. The maximum atomic E-state index is 13.3. The second kappa shape index (κ2) is 9.93. The van der Waals surface area contributed by atoms with E-state index in [1.54, 1.807) is 22.7 Å². The molecule has 3 heterocycles. The third kappa shape index (κ3) is 4.85. The lowest BCUT2D eigenvalue weighted by molar-refractivity contribution is -0.137. The number of halogens is 3. The average Bonchev–Trinajstić information content (AvgIpc) is 3.60. The number of primary amides is 1. The molecule has 0 bridgehead atoms. The minimum atomic E-state index is -4.51. The van der Waals surface area contributed by atoms with Gasteiger partial charge in [-0.15, -0.1) is 0 Å². The lowest BCUT2D eigenvalue weighted by Gasteiger charge is -2.45. The lowest BCUT2D eigenvalue weighted by Crippen LogP contribution is -2.42. The van der Waals surface area contributed by atoms with Crippen molar-refractivity contribution in [1.82, 2.24) is 24.5 Å². The van der Waals surface area contributed by atoms with Gasteiger partial charge in [0.15, 0.2) is 0 Å². The third-order valence-electron chi connectivity index (χ3n) is 7.68. The molecule has 210 valence electrons. The van der Waals surface area contributed by atoms with Gasteiger partial charge in [-0.05, 0) is 55.7 Å². The zero-order valence-electron chi connectivity index (χ0n) is 22.0. The van der Waals surface area contributed by atoms with Crippen LogP contribution in [-0.4, -0.2) is 56.5 Å². The fraction of sp³-hybridized carbons (Fsp3) is 0.407. The van der Waals surface area contributed by atoms with Crippen molar-refractivity contribution in [2.24, 2.45) is 11.1 Å². The molecular formula is C27H28F3N7O3. The first kappa shape index (κ1) is 27.1. The summed E-state index contributed by atoms with van der Waals surface area (Å²) in [7, 11) is 1.38. The number of hydrogen-bond acceptors (Lipinski definition) is 6. The largest absolute Gasteiger partial charge is 0.496 e. The Morgan fingerprint density at radius 1 is 1.27 bits per heavy atom. The first-order valence-electron chi connectivity index (χ1n) is 12.6. The number of anilines is 1. The van der Waals surface area contributed by atoms with E-state index >= 15 is 0 Å². The summed E-state index contributed by atoms with van der Waals surface area (Å²) in [6, 6.07) is 3.15. The number of hydrogen-bond donors (Lipinski definition) is 2. The summed E-state index contributed by atoms with van der Waals surface area (Å²) in [5.74, 6) is 4.71. The number of carbonyl (C=O) groups excluding carboxylic acids is 2. The standard InChI is InChI=1S/C27H28F3N7O3/c1-3-4-21(38)35-8-7-26(15-35)10-19(11-26)37-24(31)22(25(32)39)23(34-37)17-12-33-36(14-17)13-16-9-18(27(28,29)30)5-6-20(16)40-2/h5-6,9,12,14,19H,7-8,10-11,13,15,31H2,1-2H3,(H2,32,39). The van der Waals surface area contributed by atoms with E-state index < -0.39 is 17.6 Å². The molecule has 1 spiro atoms. The highest BCUT2D eigenvalue weighted by molar-refractivity contribution is 6.03. The van der Waals surface area contributed by atoms with E-state index in [0.717, 1.165) is 31.4 Å². The minimum absolute atomic E-state index is 0.0159. The monoisotopic (exact) mass is 555 g/mol. The first-order chi connectivity index (χ1) is 18.9. The number of benzene rings is 1. The minimum Gasteiger partial charge on any atom is -0.496 e. The van der Waals surface area contributed by atoms with Crippen molar-refractivity contribution in [2.75, 3.05) is 25.9 Å². The summed E-state index contributed by atoms with van der Waals surface area (Å²) in [5, 5.41) is 8.88. The smallest absolute Gasteiger partial charge is 0.416 e. The number of alkyl halides is 3. The van der Waals surface area contributed by atoms with Crippen LogP contribution in [0.4, 0.5) is 19.0 Å². The molecule has 40 heavy (non-hydrogen) atoms. The molecular weight excluding hydrogens is 527 g/mol. The van der Waals surface area contributed by atoms with Crippen LogP contribution in [0, 0.1) is 17.3 Å². The van der Waals surface area contributed by atoms with Gasteiger partial charge in [0.2, 0.25) is 0 Å². The van der Waals surface area contributed by atoms with Gasteiger partial charge in [0, 0.05) is 30.4 Å².